The lowest BCUT2D eigenvalue weighted by Gasteiger charge is -1.96. The zero-order valence-corrected chi connectivity index (χ0v) is 13.2. The summed E-state index contributed by atoms with van der Waals surface area (Å²) in [6.07, 6.45) is 0.958. The summed E-state index contributed by atoms with van der Waals surface area (Å²) < 4.78 is 5.33. The van der Waals surface area contributed by atoms with Crippen molar-refractivity contribution in [2.75, 3.05) is 5.73 Å². The first kappa shape index (κ1) is 14.2. The van der Waals surface area contributed by atoms with Gasteiger partial charge in [0, 0.05) is 9.77 Å². The third-order valence-corrected chi connectivity index (χ3v) is 5.09. The SMILES string of the molecule is CCc1cc(-c2nc(CSc3ccccc3)no2)c(N)s1. The van der Waals surface area contributed by atoms with Crippen LogP contribution in [0.3, 0.4) is 0 Å². The summed E-state index contributed by atoms with van der Waals surface area (Å²) in [7, 11) is 0. The third kappa shape index (κ3) is 3.28. The molecule has 0 fully saturated rings. The van der Waals surface area contributed by atoms with Gasteiger partial charge in [0.1, 0.15) is 0 Å². The molecule has 2 heterocycles. The normalized spacial score (nSPS) is 10.9. The Bertz CT molecular complexity index is 722. The molecule has 2 N–H and O–H groups in total. The van der Waals surface area contributed by atoms with Gasteiger partial charge in [0.05, 0.1) is 16.3 Å². The number of nitrogen functional groups attached to an aromatic ring is 1. The van der Waals surface area contributed by atoms with Crippen molar-refractivity contribution in [1.29, 1.82) is 0 Å². The standard InChI is InChI=1S/C15H15N3OS2/c1-2-10-8-12(14(16)21-10)15-17-13(18-19-15)9-20-11-6-4-3-5-7-11/h3-8H,2,9,16H2,1H3. The molecule has 0 spiro atoms. The minimum Gasteiger partial charge on any atom is -0.390 e. The van der Waals surface area contributed by atoms with Crippen LogP contribution in [0.25, 0.3) is 11.5 Å². The number of thiophene rings is 1. The first-order valence-electron chi connectivity index (χ1n) is 6.65. The predicted octanol–water partition coefficient (Wildman–Crippen LogP) is 4.24. The molecule has 0 amide bonds. The second kappa shape index (κ2) is 6.32. The van der Waals surface area contributed by atoms with Gasteiger partial charge >= 0.3 is 0 Å². The van der Waals surface area contributed by atoms with Crippen molar-refractivity contribution in [2.45, 2.75) is 24.0 Å². The average Bonchev–Trinajstić information content (AvgIpc) is 3.12. The lowest BCUT2D eigenvalue weighted by atomic mass is 10.2. The first-order chi connectivity index (χ1) is 10.3. The summed E-state index contributed by atoms with van der Waals surface area (Å²) >= 11 is 3.26. The molecule has 21 heavy (non-hydrogen) atoms. The summed E-state index contributed by atoms with van der Waals surface area (Å²) in [5.41, 5.74) is 6.86. The Labute approximate surface area is 131 Å². The highest BCUT2D eigenvalue weighted by molar-refractivity contribution is 7.98. The molecule has 0 unspecified atom stereocenters. The minimum atomic E-state index is 0.507. The number of anilines is 1. The van der Waals surface area contributed by atoms with Gasteiger partial charge in [-0.05, 0) is 24.6 Å². The van der Waals surface area contributed by atoms with Crippen LogP contribution in [0.2, 0.25) is 0 Å². The van der Waals surface area contributed by atoms with Crippen LogP contribution >= 0.6 is 23.1 Å². The highest BCUT2D eigenvalue weighted by Gasteiger charge is 2.15. The first-order valence-corrected chi connectivity index (χ1v) is 8.45. The summed E-state index contributed by atoms with van der Waals surface area (Å²) in [6, 6.07) is 12.2. The van der Waals surface area contributed by atoms with E-state index >= 15 is 0 Å². The fraction of sp³-hybridized carbons (Fsp3) is 0.200. The van der Waals surface area contributed by atoms with Crippen LogP contribution in [0.15, 0.2) is 45.8 Å². The monoisotopic (exact) mass is 317 g/mol. The number of hydrogen-bond acceptors (Lipinski definition) is 6. The lowest BCUT2D eigenvalue weighted by Crippen LogP contribution is -1.85. The molecule has 0 aliphatic carbocycles. The Morgan fingerprint density at radius 1 is 1.29 bits per heavy atom. The summed E-state index contributed by atoms with van der Waals surface area (Å²) in [5, 5.41) is 4.76. The van der Waals surface area contributed by atoms with E-state index in [4.69, 9.17) is 10.3 Å². The number of thioether (sulfide) groups is 1. The van der Waals surface area contributed by atoms with Gasteiger partial charge in [0.15, 0.2) is 5.82 Å². The van der Waals surface area contributed by atoms with Crippen molar-refractivity contribution in [2.24, 2.45) is 0 Å². The van der Waals surface area contributed by atoms with Crippen LogP contribution in [0.1, 0.15) is 17.6 Å². The van der Waals surface area contributed by atoms with E-state index in [1.165, 1.54) is 9.77 Å². The molecule has 1 aromatic carbocycles. The summed E-state index contributed by atoms with van der Waals surface area (Å²) in [5.74, 6) is 1.87. The number of aryl methyl sites for hydroxylation is 1. The molecule has 0 aliphatic heterocycles. The molecule has 4 nitrogen and oxygen atoms in total. The fourth-order valence-electron chi connectivity index (χ4n) is 1.89. The smallest absolute Gasteiger partial charge is 0.260 e. The highest BCUT2D eigenvalue weighted by Crippen LogP contribution is 2.33. The Morgan fingerprint density at radius 3 is 2.81 bits per heavy atom. The average molecular weight is 317 g/mol. The van der Waals surface area contributed by atoms with E-state index in [1.807, 2.05) is 24.3 Å². The predicted molar refractivity (Wildman–Crippen MR) is 87.4 cm³/mol. The van der Waals surface area contributed by atoms with Crippen LogP contribution in [0.4, 0.5) is 5.00 Å². The lowest BCUT2D eigenvalue weighted by molar-refractivity contribution is 0.425. The van der Waals surface area contributed by atoms with Crippen LogP contribution in [0, 0.1) is 0 Å². The van der Waals surface area contributed by atoms with E-state index in [2.05, 4.69) is 29.2 Å². The van der Waals surface area contributed by atoms with Crippen LogP contribution in [-0.2, 0) is 12.2 Å². The van der Waals surface area contributed by atoms with Gasteiger partial charge in [-0.1, -0.05) is 30.3 Å². The van der Waals surface area contributed by atoms with Gasteiger partial charge in [-0.3, -0.25) is 0 Å². The molecule has 0 aliphatic rings. The van der Waals surface area contributed by atoms with Gasteiger partial charge in [0.2, 0.25) is 0 Å². The number of hydrogen-bond donors (Lipinski definition) is 1. The highest BCUT2D eigenvalue weighted by atomic mass is 32.2. The molecule has 0 saturated heterocycles. The molecule has 0 saturated carbocycles. The van der Waals surface area contributed by atoms with Crippen LogP contribution < -0.4 is 5.73 Å². The van der Waals surface area contributed by atoms with E-state index in [0.717, 1.165) is 17.0 Å². The molecular weight excluding hydrogens is 302 g/mol. The Balaban J connectivity index is 1.72. The molecule has 3 rings (SSSR count). The van der Waals surface area contributed by atoms with Crippen molar-refractivity contribution in [3.8, 4) is 11.5 Å². The minimum absolute atomic E-state index is 0.507. The van der Waals surface area contributed by atoms with Gasteiger partial charge in [0.25, 0.3) is 5.89 Å². The number of nitrogens with two attached hydrogens (primary N) is 1. The third-order valence-electron chi connectivity index (χ3n) is 2.97. The largest absolute Gasteiger partial charge is 0.390 e. The summed E-state index contributed by atoms with van der Waals surface area (Å²) in [6.45, 7) is 2.10. The number of nitrogens with zero attached hydrogens (tertiary/aromatic N) is 2. The molecule has 108 valence electrons. The maximum absolute atomic E-state index is 6.01. The van der Waals surface area contributed by atoms with Crippen molar-refractivity contribution >= 4 is 28.1 Å². The van der Waals surface area contributed by atoms with Gasteiger partial charge in [-0.15, -0.1) is 23.1 Å². The topological polar surface area (TPSA) is 64.9 Å². The van der Waals surface area contributed by atoms with Crippen molar-refractivity contribution in [3.05, 3.63) is 47.1 Å². The van der Waals surface area contributed by atoms with Crippen LogP contribution in [0.5, 0.6) is 0 Å². The Hall–Kier alpha value is -1.79. The summed E-state index contributed by atoms with van der Waals surface area (Å²) in [4.78, 5) is 6.84. The van der Waals surface area contributed by atoms with Gasteiger partial charge in [-0.2, -0.15) is 4.98 Å². The molecule has 3 aromatic rings. The van der Waals surface area contributed by atoms with E-state index in [9.17, 15) is 0 Å². The fourth-order valence-corrected chi connectivity index (χ4v) is 3.51. The van der Waals surface area contributed by atoms with E-state index in [1.54, 1.807) is 23.1 Å². The van der Waals surface area contributed by atoms with E-state index in [-0.39, 0.29) is 0 Å². The zero-order chi connectivity index (χ0) is 14.7. The van der Waals surface area contributed by atoms with Gasteiger partial charge < -0.3 is 10.3 Å². The molecule has 2 aromatic heterocycles. The second-order valence-electron chi connectivity index (χ2n) is 4.46. The number of aromatic nitrogens is 2. The second-order valence-corrected chi connectivity index (χ2v) is 6.68. The Kier molecular flexibility index (Phi) is 4.26. The van der Waals surface area contributed by atoms with Crippen molar-refractivity contribution in [1.82, 2.24) is 10.1 Å². The maximum Gasteiger partial charge on any atom is 0.260 e. The molecule has 0 atom stereocenters. The zero-order valence-electron chi connectivity index (χ0n) is 11.6. The number of rotatable bonds is 5. The quantitative estimate of drug-likeness (QED) is 0.713. The van der Waals surface area contributed by atoms with Crippen molar-refractivity contribution in [3.63, 3.8) is 0 Å². The number of benzene rings is 1. The Morgan fingerprint density at radius 2 is 2.10 bits per heavy atom. The maximum atomic E-state index is 6.01. The molecule has 6 heteroatoms. The van der Waals surface area contributed by atoms with Crippen molar-refractivity contribution < 1.29 is 4.52 Å². The molecular formula is C15H15N3OS2. The molecule has 0 bridgehead atoms. The van der Waals surface area contributed by atoms with Gasteiger partial charge in [-0.25, -0.2) is 0 Å². The van der Waals surface area contributed by atoms with E-state index in [0.29, 0.717) is 17.5 Å². The van der Waals surface area contributed by atoms with E-state index < -0.39 is 0 Å². The van der Waals surface area contributed by atoms with Crippen LogP contribution in [-0.4, -0.2) is 10.1 Å². The molecule has 0 radical (unpaired) electrons.